The number of benzodiazepines with no additional fused rings is 1. The van der Waals surface area contributed by atoms with Gasteiger partial charge in [-0.05, 0) is 55.8 Å². The average Bonchev–Trinajstić information content (AvgIpc) is 2.95. The van der Waals surface area contributed by atoms with Crippen molar-refractivity contribution < 1.29 is 18.7 Å². The van der Waals surface area contributed by atoms with E-state index in [9.17, 15) is 14.0 Å². The van der Waals surface area contributed by atoms with Gasteiger partial charge >= 0.3 is 0 Å². The molecule has 0 fully saturated rings. The number of hydrogen-bond donors (Lipinski definition) is 1. The number of para-hydroxylation sites is 2. The van der Waals surface area contributed by atoms with Crippen molar-refractivity contribution >= 4 is 40.5 Å². The third-order valence-corrected chi connectivity index (χ3v) is 6.12. The molecule has 35 heavy (non-hydrogen) atoms. The second-order valence-corrected chi connectivity index (χ2v) is 8.55. The van der Waals surface area contributed by atoms with Gasteiger partial charge < -0.3 is 10.1 Å². The number of hydrogen-bond acceptors (Lipinski definition) is 4. The molecule has 0 spiro atoms. The number of fused-ring (bicyclic) bond motifs is 1. The Bertz CT molecular complexity index is 1310. The molecule has 0 bridgehead atoms. The highest BCUT2D eigenvalue weighted by molar-refractivity contribution is 6.32. The van der Waals surface area contributed by atoms with Crippen molar-refractivity contribution in [3.05, 3.63) is 88.7 Å². The van der Waals surface area contributed by atoms with Gasteiger partial charge in [-0.2, -0.15) is 0 Å². The van der Waals surface area contributed by atoms with Gasteiger partial charge in [-0.3, -0.25) is 19.5 Å². The fraction of sp³-hybridized carbons (Fsp3) is 0.222. The molecule has 1 aliphatic heterocycles. The summed E-state index contributed by atoms with van der Waals surface area (Å²) in [6.45, 7) is 3.46. The van der Waals surface area contributed by atoms with Crippen LogP contribution < -0.4 is 15.0 Å². The summed E-state index contributed by atoms with van der Waals surface area (Å²) in [7, 11) is 1.52. The number of anilines is 2. The Labute approximate surface area is 208 Å². The average molecular weight is 494 g/mol. The number of nitrogens with zero attached hydrogens (tertiary/aromatic N) is 2. The molecule has 3 aromatic carbocycles. The van der Waals surface area contributed by atoms with E-state index >= 15 is 0 Å². The van der Waals surface area contributed by atoms with E-state index in [-0.39, 0.29) is 17.4 Å². The molecule has 0 unspecified atom stereocenters. The second kappa shape index (κ2) is 10.3. The predicted octanol–water partition coefficient (Wildman–Crippen LogP) is 5.48. The Hall–Kier alpha value is -3.71. The van der Waals surface area contributed by atoms with Gasteiger partial charge in [0.2, 0.25) is 5.91 Å². The van der Waals surface area contributed by atoms with Crippen molar-refractivity contribution in [3.63, 3.8) is 0 Å². The first-order chi connectivity index (χ1) is 16.8. The molecule has 8 heteroatoms. The standard InChI is InChI=1S/C27H25ClFN3O3/c1-4-22(26(33)31-21-11-7-8-12-24(21)35-3)32-23-14-13-17(28)15-19(23)25(30-16(2)27(32)34)18-9-5-6-10-20(18)29/h5-16,22H,4H2,1-3H3,(H,31,33)/t16-,22+/m0/s1. The Morgan fingerprint density at radius 2 is 1.86 bits per heavy atom. The first-order valence-corrected chi connectivity index (χ1v) is 11.6. The van der Waals surface area contributed by atoms with Crippen molar-refractivity contribution in [2.45, 2.75) is 32.4 Å². The van der Waals surface area contributed by atoms with Crippen LogP contribution >= 0.6 is 11.6 Å². The predicted molar refractivity (Wildman–Crippen MR) is 136 cm³/mol. The van der Waals surface area contributed by atoms with Gasteiger partial charge in [-0.25, -0.2) is 4.39 Å². The molecule has 2 atom stereocenters. The first kappa shape index (κ1) is 24.4. The highest BCUT2D eigenvalue weighted by atomic mass is 35.5. The fourth-order valence-corrected chi connectivity index (χ4v) is 4.36. The maximum absolute atomic E-state index is 14.8. The van der Waals surface area contributed by atoms with E-state index in [2.05, 4.69) is 10.3 Å². The van der Waals surface area contributed by atoms with Crippen LogP contribution in [0.5, 0.6) is 5.75 Å². The van der Waals surface area contributed by atoms with Gasteiger partial charge in [0, 0.05) is 16.1 Å². The zero-order valence-electron chi connectivity index (χ0n) is 19.6. The van der Waals surface area contributed by atoms with E-state index < -0.39 is 17.9 Å². The lowest BCUT2D eigenvalue weighted by atomic mass is 9.98. The van der Waals surface area contributed by atoms with E-state index in [1.54, 1.807) is 67.6 Å². The molecule has 0 aromatic heterocycles. The molecule has 0 aliphatic carbocycles. The zero-order chi connectivity index (χ0) is 25.1. The molecular formula is C27H25ClFN3O3. The summed E-state index contributed by atoms with van der Waals surface area (Å²) in [6.07, 6.45) is 0.330. The van der Waals surface area contributed by atoms with Crippen molar-refractivity contribution in [1.29, 1.82) is 0 Å². The summed E-state index contributed by atoms with van der Waals surface area (Å²) in [5.41, 5.74) is 1.97. The van der Waals surface area contributed by atoms with E-state index in [4.69, 9.17) is 16.3 Å². The highest BCUT2D eigenvalue weighted by Crippen LogP contribution is 2.34. The lowest BCUT2D eigenvalue weighted by Crippen LogP contribution is -2.50. The minimum Gasteiger partial charge on any atom is -0.495 e. The molecule has 0 saturated heterocycles. The fourth-order valence-electron chi connectivity index (χ4n) is 4.18. The van der Waals surface area contributed by atoms with Crippen LogP contribution in [0.3, 0.4) is 0 Å². The lowest BCUT2D eigenvalue weighted by molar-refractivity contribution is -0.124. The van der Waals surface area contributed by atoms with Crippen molar-refractivity contribution in [2.75, 3.05) is 17.3 Å². The number of rotatable bonds is 6. The first-order valence-electron chi connectivity index (χ1n) is 11.2. The molecule has 180 valence electrons. The SMILES string of the molecule is CC[C@H](C(=O)Nc1ccccc1OC)N1C(=O)[C@H](C)N=C(c2ccccc2F)c2cc(Cl)ccc21. The van der Waals surface area contributed by atoms with Gasteiger partial charge in [-0.15, -0.1) is 0 Å². The number of halogens is 2. The number of methoxy groups -OCH3 is 1. The lowest BCUT2D eigenvalue weighted by Gasteiger charge is -2.31. The zero-order valence-corrected chi connectivity index (χ0v) is 20.3. The van der Waals surface area contributed by atoms with Gasteiger partial charge in [0.1, 0.15) is 23.7 Å². The molecule has 0 radical (unpaired) electrons. The summed E-state index contributed by atoms with van der Waals surface area (Å²) in [6, 6.07) is 16.5. The van der Waals surface area contributed by atoms with Crippen molar-refractivity contribution in [2.24, 2.45) is 4.99 Å². The summed E-state index contributed by atoms with van der Waals surface area (Å²) < 4.78 is 20.1. The van der Waals surface area contributed by atoms with Crippen LogP contribution in [-0.2, 0) is 9.59 Å². The van der Waals surface area contributed by atoms with Gasteiger partial charge in [-0.1, -0.05) is 42.8 Å². The molecule has 4 rings (SSSR count). The summed E-state index contributed by atoms with van der Waals surface area (Å²) in [5.74, 6) is -0.718. The molecule has 3 aromatic rings. The molecular weight excluding hydrogens is 469 g/mol. The van der Waals surface area contributed by atoms with Crippen LogP contribution in [-0.4, -0.2) is 36.7 Å². The number of amides is 2. The van der Waals surface area contributed by atoms with E-state index in [0.717, 1.165) is 0 Å². The Balaban J connectivity index is 1.82. The van der Waals surface area contributed by atoms with E-state index in [1.165, 1.54) is 18.1 Å². The van der Waals surface area contributed by atoms with Crippen LogP contribution in [0, 0.1) is 5.82 Å². The number of carbonyl (C=O) groups excluding carboxylic acids is 2. The summed E-state index contributed by atoms with van der Waals surface area (Å²) in [4.78, 5) is 33.1. The van der Waals surface area contributed by atoms with Gasteiger partial charge in [0.15, 0.2) is 0 Å². The number of ether oxygens (including phenoxy) is 1. The van der Waals surface area contributed by atoms with E-state index in [1.807, 2.05) is 6.92 Å². The van der Waals surface area contributed by atoms with Crippen LogP contribution in [0.1, 0.15) is 31.4 Å². The van der Waals surface area contributed by atoms with Crippen LogP contribution in [0.4, 0.5) is 15.8 Å². The quantitative estimate of drug-likeness (QED) is 0.494. The number of benzene rings is 3. The van der Waals surface area contributed by atoms with Crippen LogP contribution in [0.2, 0.25) is 5.02 Å². The number of aliphatic imine (C=N–C) groups is 1. The molecule has 1 aliphatic rings. The maximum Gasteiger partial charge on any atom is 0.252 e. The minimum absolute atomic E-state index is 0.254. The highest BCUT2D eigenvalue weighted by Gasteiger charge is 2.37. The maximum atomic E-state index is 14.8. The molecule has 6 nitrogen and oxygen atoms in total. The summed E-state index contributed by atoms with van der Waals surface area (Å²) >= 11 is 6.31. The second-order valence-electron chi connectivity index (χ2n) is 8.12. The summed E-state index contributed by atoms with van der Waals surface area (Å²) in [5, 5.41) is 3.28. The topological polar surface area (TPSA) is 71.0 Å². The monoisotopic (exact) mass is 493 g/mol. The third-order valence-electron chi connectivity index (χ3n) is 5.89. The Morgan fingerprint density at radius 1 is 1.14 bits per heavy atom. The smallest absolute Gasteiger partial charge is 0.252 e. The third kappa shape index (κ3) is 4.77. The van der Waals surface area contributed by atoms with Gasteiger partial charge in [0.25, 0.3) is 5.91 Å². The number of carbonyl (C=O) groups is 2. The molecule has 2 amide bonds. The van der Waals surface area contributed by atoms with Gasteiger partial charge in [0.05, 0.1) is 24.2 Å². The van der Waals surface area contributed by atoms with Crippen molar-refractivity contribution in [1.82, 2.24) is 0 Å². The Morgan fingerprint density at radius 3 is 2.57 bits per heavy atom. The molecule has 1 heterocycles. The van der Waals surface area contributed by atoms with Crippen LogP contribution in [0.25, 0.3) is 0 Å². The Kier molecular flexibility index (Phi) is 7.17. The van der Waals surface area contributed by atoms with Crippen molar-refractivity contribution in [3.8, 4) is 5.75 Å². The van der Waals surface area contributed by atoms with Crippen LogP contribution in [0.15, 0.2) is 71.7 Å². The molecule has 1 N–H and O–H groups in total. The van der Waals surface area contributed by atoms with E-state index in [0.29, 0.717) is 39.8 Å². The largest absolute Gasteiger partial charge is 0.495 e. The number of nitrogens with one attached hydrogen (secondary N) is 1. The normalized spacial score (nSPS) is 16.1. The molecule has 0 saturated carbocycles. The minimum atomic E-state index is -0.858.